The Kier molecular flexibility index (Phi) is 6.65. The molecule has 2 rings (SSSR count). The van der Waals surface area contributed by atoms with Crippen molar-refractivity contribution in [2.75, 3.05) is 21.3 Å². The topological polar surface area (TPSA) is 100 Å². The molecule has 8 nitrogen and oxygen atoms in total. The van der Waals surface area contributed by atoms with Crippen molar-refractivity contribution < 1.29 is 24.0 Å². The molecule has 2 aromatic carbocycles. The maximum atomic E-state index is 12.2. The summed E-state index contributed by atoms with van der Waals surface area (Å²) in [7, 11) is 4.04. The summed E-state index contributed by atoms with van der Waals surface area (Å²) in [5, 5.41) is 15.1. The Bertz CT molecular complexity index is 905. The van der Waals surface area contributed by atoms with Crippen molar-refractivity contribution in [2.24, 2.45) is 5.16 Å². The second-order valence-corrected chi connectivity index (χ2v) is 5.23. The molecule has 27 heavy (non-hydrogen) atoms. The lowest BCUT2D eigenvalue weighted by atomic mass is 9.93. The number of nitro benzene ring substituents is 1. The fraction of sp³-hybridized carbons (Fsp3) is 0.158. The third-order valence-corrected chi connectivity index (χ3v) is 3.63. The van der Waals surface area contributed by atoms with Gasteiger partial charge >= 0.3 is 5.97 Å². The van der Waals surface area contributed by atoms with E-state index in [2.05, 4.69) is 5.16 Å². The normalized spacial score (nSPS) is 11.7. The van der Waals surface area contributed by atoms with E-state index in [-0.39, 0.29) is 11.3 Å². The lowest BCUT2D eigenvalue weighted by molar-refractivity contribution is -0.384. The van der Waals surface area contributed by atoms with E-state index in [0.29, 0.717) is 22.4 Å². The molecule has 0 aliphatic rings. The highest BCUT2D eigenvalue weighted by Gasteiger charge is 2.21. The number of nitro groups is 1. The van der Waals surface area contributed by atoms with Gasteiger partial charge < -0.3 is 14.3 Å². The van der Waals surface area contributed by atoms with E-state index in [1.807, 2.05) is 0 Å². The van der Waals surface area contributed by atoms with Crippen molar-refractivity contribution in [3.63, 3.8) is 0 Å². The Morgan fingerprint density at radius 1 is 1.07 bits per heavy atom. The zero-order chi connectivity index (χ0) is 19.8. The van der Waals surface area contributed by atoms with Crippen LogP contribution in [0.4, 0.5) is 5.69 Å². The summed E-state index contributed by atoms with van der Waals surface area (Å²) >= 11 is 0. The number of carbonyl (C=O) groups excluding carboxylic acids is 1. The van der Waals surface area contributed by atoms with E-state index in [4.69, 9.17) is 14.3 Å². The zero-order valence-corrected chi connectivity index (χ0v) is 15.0. The van der Waals surface area contributed by atoms with E-state index < -0.39 is 10.9 Å². The highest BCUT2D eigenvalue weighted by atomic mass is 16.6. The highest BCUT2D eigenvalue weighted by molar-refractivity contribution is 6.22. The van der Waals surface area contributed by atoms with Gasteiger partial charge in [-0.2, -0.15) is 0 Å². The molecule has 2 aromatic rings. The van der Waals surface area contributed by atoms with Crippen LogP contribution in [-0.2, 0) is 19.1 Å². The standard InChI is InChI=1S/C19H18N2O6/c1-25-12-17(19(22)26-2)15-9-4-5-10-16(15)18(20-27-3)13-7-6-8-14(11-13)21(23)24/h4-12H,1-3H3/b17-12+,20-18?. The molecule has 8 heteroatoms. The van der Waals surface area contributed by atoms with Gasteiger partial charge in [0.2, 0.25) is 0 Å². The first kappa shape index (κ1) is 19.6. The van der Waals surface area contributed by atoms with E-state index in [1.165, 1.54) is 39.7 Å². The molecule has 0 aromatic heterocycles. The van der Waals surface area contributed by atoms with Crippen molar-refractivity contribution in [3.05, 3.63) is 81.6 Å². The minimum Gasteiger partial charge on any atom is -0.503 e. The number of ether oxygens (including phenoxy) is 2. The zero-order valence-electron chi connectivity index (χ0n) is 15.0. The van der Waals surface area contributed by atoms with Gasteiger partial charge in [-0.15, -0.1) is 0 Å². The molecule has 0 spiro atoms. The SMILES string of the molecule is CO/C=C(/C(=O)OC)c1ccccc1C(=NOC)c1cccc([N+](=O)[O-])c1. The average molecular weight is 370 g/mol. The Hall–Kier alpha value is -3.68. The number of carbonyl (C=O) groups is 1. The van der Waals surface area contributed by atoms with Gasteiger partial charge in [0.05, 0.1) is 25.4 Å². The average Bonchev–Trinajstić information content (AvgIpc) is 2.70. The van der Waals surface area contributed by atoms with Gasteiger partial charge in [0.1, 0.15) is 18.4 Å². The van der Waals surface area contributed by atoms with Crippen molar-refractivity contribution in [1.82, 2.24) is 0 Å². The van der Waals surface area contributed by atoms with Crippen LogP contribution in [0.2, 0.25) is 0 Å². The van der Waals surface area contributed by atoms with Crippen LogP contribution in [0.3, 0.4) is 0 Å². The third-order valence-electron chi connectivity index (χ3n) is 3.63. The van der Waals surface area contributed by atoms with Crippen LogP contribution >= 0.6 is 0 Å². The Labute approximate surface area is 155 Å². The van der Waals surface area contributed by atoms with Gasteiger partial charge in [0.25, 0.3) is 5.69 Å². The van der Waals surface area contributed by atoms with Gasteiger partial charge in [-0.05, 0) is 0 Å². The van der Waals surface area contributed by atoms with E-state index in [0.717, 1.165) is 0 Å². The van der Waals surface area contributed by atoms with Gasteiger partial charge in [0, 0.05) is 28.8 Å². The molecule has 0 bridgehead atoms. The lowest BCUT2D eigenvalue weighted by Gasteiger charge is -2.13. The summed E-state index contributed by atoms with van der Waals surface area (Å²) in [4.78, 5) is 27.7. The highest BCUT2D eigenvalue weighted by Crippen LogP contribution is 2.25. The predicted molar refractivity (Wildman–Crippen MR) is 99.2 cm³/mol. The molecule has 0 saturated heterocycles. The van der Waals surface area contributed by atoms with Gasteiger partial charge in [-0.25, -0.2) is 4.79 Å². The van der Waals surface area contributed by atoms with Gasteiger partial charge in [0.15, 0.2) is 0 Å². The first-order valence-electron chi connectivity index (χ1n) is 7.80. The molecule has 140 valence electrons. The molecule has 0 unspecified atom stereocenters. The fourth-order valence-electron chi connectivity index (χ4n) is 2.49. The van der Waals surface area contributed by atoms with Gasteiger partial charge in [-0.1, -0.05) is 41.6 Å². The van der Waals surface area contributed by atoms with Crippen molar-refractivity contribution in [1.29, 1.82) is 0 Å². The van der Waals surface area contributed by atoms with E-state index in [1.54, 1.807) is 36.4 Å². The number of rotatable bonds is 7. The van der Waals surface area contributed by atoms with Crippen LogP contribution in [-0.4, -0.2) is 37.9 Å². The number of hydrogen-bond acceptors (Lipinski definition) is 7. The Morgan fingerprint density at radius 2 is 1.78 bits per heavy atom. The molecule has 0 aliphatic heterocycles. The monoisotopic (exact) mass is 370 g/mol. The van der Waals surface area contributed by atoms with Crippen LogP contribution in [0.15, 0.2) is 59.9 Å². The summed E-state index contributed by atoms with van der Waals surface area (Å²) in [6, 6.07) is 12.9. The minimum absolute atomic E-state index is 0.0885. The Morgan fingerprint density at radius 3 is 2.37 bits per heavy atom. The molecule has 0 aliphatic carbocycles. The number of esters is 1. The number of methoxy groups -OCH3 is 2. The minimum atomic E-state index is -0.597. The largest absolute Gasteiger partial charge is 0.503 e. The van der Waals surface area contributed by atoms with Crippen LogP contribution in [0.1, 0.15) is 16.7 Å². The quantitative estimate of drug-likeness (QED) is 0.185. The summed E-state index contributed by atoms with van der Waals surface area (Å²) in [5.74, 6) is -0.597. The van der Waals surface area contributed by atoms with Crippen LogP contribution in [0.25, 0.3) is 5.57 Å². The van der Waals surface area contributed by atoms with Crippen molar-refractivity contribution >= 4 is 22.9 Å². The Balaban J connectivity index is 2.69. The maximum absolute atomic E-state index is 12.2. The summed E-state index contributed by atoms with van der Waals surface area (Å²) in [5.41, 5.74) is 1.86. The molecule has 0 atom stereocenters. The second-order valence-electron chi connectivity index (χ2n) is 5.23. The first-order valence-corrected chi connectivity index (χ1v) is 7.80. The number of nitrogens with zero attached hydrogens (tertiary/aromatic N) is 2. The molecule has 0 heterocycles. The summed E-state index contributed by atoms with van der Waals surface area (Å²) < 4.78 is 9.83. The number of hydrogen-bond donors (Lipinski definition) is 0. The molecular weight excluding hydrogens is 352 g/mol. The molecule has 0 saturated carbocycles. The third kappa shape index (κ3) is 4.49. The van der Waals surface area contributed by atoms with Crippen molar-refractivity contribution in [2.45, 2.75) is 0 Å². The van der Waals surface area contributed by atoms with Crippen LogP contribution in [0.5, 0.6) is 0 Å². The smallest absolute Gasteiger partial charge is 0.341 e. The molecule has 0 fully saturated rings. The molecular formula is C19H18N2O6. The summed E-state index contributed by atoms with van der Waals surface area (Å²) in [6.07, 6.45) is 1.27. The van der Waals surface area contributed by atoms with Crippen LogP contribution < -0.4 is 0 Å². The van der Waals surface area contributed by atoms with Crippen molar-refractivity contribution in [3.8, 4) is 0 Å². The van der Waals surface area contributed by atoms with Gasteiger partial charge in [-0.3, -0.25) is 10.1 Å². The number of benzene rings is 2. The number of oxime groups is 1. The predicted octanol–water partition coefficient (Wildman–Crippen LogP) is 3.15. The molecule has 0 radical (unpaired) electrons. The molecule has 0 N–H and O–H groups in total. The second kappa shape index (κ2) is 9.14. The van der Waals surface area contributed by atoms with Crippen LogP contribution in [0, 0.1) is 10.1 Å². The maximum Gasteiger partial charge on any atom is 0.341 e. The van der Waals surface area contributed by atoms with E-state index in [9.17, 15) is 14.9 Å². The number of non-ortho nitro benzene ring substituents is 1. The van der Waals surface area contributed by atoms with E-state index >= 15 is 0 Å². The molecule has 0 amide bonds. The first-order chi connectivity index (χ1) is 13.0. The fourth-order valence-corrected chi connectivity index (χ4v) is 2.49. The summed E-state index contributed by atoms with van der Waals surface area (Å²) in [6.45, 7) is 0. The lowest BCUT2D eigenvalue weighted by Crippen LogP contribution is -2.12.